The van der Waals surface area contributed by atoms with Gasteiger partial charge in [0.2, 0.25) is 5.91 Å². The predicted molar refractivity (Wildman–Crippen MR) is 75.9 cm³/mol. The normalized spacial score (nSPS) is 21.8. The Labute approximate surface area is 110 Å². The van der Waals surface area contributed by atoms with Gasteiger partial charge in [0.15, 0.2) is 5.13 Å². The molecule has 1 aromatic heterocycles. The molecule has 1 saturated carbocycles. The summed E-state index contributed by atoms with van der Waals surface area (Å²) in [6.07, 6.45) is 5.74. The van der Waals surface area contributed by atoms with E-state index in [-0.39, 0.29) is 11.8 Å². The Bertz CT molecular complexity index is 518. The molecule has 1 fully saturated rings. The molecule has 1 N–H and O–H groups in total. The fourth-order valence-electron chi connectivity index (χ4n) is 1.64. The first kappa shape index (κ1) is 12.7. The zero-order valence-corrected chi connectivity index (χ0v) is 11.0. The van der Waals surface area contributed by atoms with E-state index in [9.17, 15) is 4.79 Å². The van der Waals surface area contributed by atoms with Gasteiger partial charge in [-0.15, -0.1) is 0 Å². The first-order chi connectivity index (χ1) is 8.65. The van der Waals surface area contributed by atoms with Crippen molar-refractivity contribution in [1.29, 1.82) is 0 Å². The Kier molecular flexibility index (Phi) is 3.72. The maximum Gasteiger partial charge on any atom is 0.229 e. The summed E-state index contributed by atoms with van der Waals surface area (Å²) in [7, 11) is 0. The van der Waals surface area contributed by atoms with Crippen LogP contribution in [0, 0.1) is 11.8 Å². The topological polar surface area (TPSA) is 54.4 Å². The van der Waals surface area contributed by atoms with Crippen molar-refractivity contribution >= 4 is 34.7 Å². The highest BCUT2D eigenvalue weighted by molar-refractivity contribution is 7.17. The Morgan fingerprint density at radius 3 is 2.89 bits per heavy atom. The van der Waals surface area contributed by atoms with Crippen LogP contribution < -0.4 is 5.32 Å². The summed E-state index contributed by atoms with van der Waals surface area (Å²) in [5, 5.41) is 3.44. The summed E-state index contributed by atoms with van der Waals surface area (Å²) in [6, 6.07) is 0. The standard InChI is InChI=1S/C13H15N3OS/c1-4-10-11(7-14-5-2)18-13(15-10)16-12(17)9-6-8(9)3/h4-5,7-9H,1-2,6H2,3H3,(H,15,16,17)/b14-7-. The number of carbonyl (C=O) groups excluding carboxylic acids is 1. The van der Waals surface area contributed by atoms with Crippen LogP contribution >= 0.6 is 11.3 Å². The average Bonchev–Trinajstić information content (AvgIpc) is 2.96. The quantitative estimate of drug-likeness (QED) is 0.828. The van der Waals surface area contributed by atoms with Crippen molar-refractivity contribution in [3.63, 3.8) is 0 Å². The molecule has 0 spiro atoms. The lowest BCUT2D eigenvalue weighted by atomic mass is 10.3. The smallest absolute Gasteiger partial charge is 0.229 e. The van der Waals surface area contributed by atoms with Gasteiger partial charge in [-0.1, -0.05) is 31.4 Å². The molecule has 0 saturated heterocycles. The van der Waals surface area contributed by atoms with Crippen molar-refractivity contribution in [2.45, 2.75) is 13.3 Å². The predicted octanol–water partition coefficient (Wildman–Crippen LogP) is 2.94. The molecule has 1 aliphatic rings. The molecular weight excluding hydrogens is 246 g/mol. The summed E-state index contributed by atoms with van der Waals surface area (Å²) in [5.41, 5.74) is 0.727. The Hall–Kier alpha value is -1.75. The maximum absolute atomic E-state index is 11.8. The summed E-state index contributed by atoms with van der Waals surface area (Å²) in [4.78, 5) is 20.9. The Morgan fingerprint density at radius 2 is 2.33 bits per heavy atom. The molecule has 2 atom stereocenters. The van der Waals surface area contributed by atoms with Crippen LogP contribution in [0.5, 0.6) is 0 Å². The Balaban J connectivity index is 2.11. The average molecular weight is 261 g/mol. The highest BCUT2D eigenvalue weighted by Gasteiger charge is 2.39. The number of amides is 1. The third-order valence-electron chi connectivity index (χ3n) is 2.85. The highest BCUT2D eigenvalue weighted by atomic mass is 32.1. The second kappa shape index (κ2) is 5.27. The lowest BCUT2D eigenvalue weighted by Gasteiger charge is -1.98. The molecule has 1 amide bonds. The molecule has 1 aromatic rings. The van der Waals surface area contributed by atoms with E-state index in [0.29, 0.717) is 11.0 Å². The zero-order chi connectivity index (χ0) is 13.1. The van der Waals surface area contributed by atoms with Gasteiger partial charge >= 0.3 is 0 Å². The molecule has 0 aliphatic heterocycles. The largest absolute Gasteiger partial charge is 0.302 e. The van der Waals surface area contributed by atoms with Crippen LogP contribution in [0.15, 0.2) is 24.4 Å². The SMILES string of the molecule is C=C/N=C\c1sc(NC(=O)C2CC2C)nc1C=C. The number of nitrogens with zero attached hydrogens (tertiary/aromatic N) is 2. The minimum atomic E-state index is 0.0547. The van der Waals surface area contributed by atoms with Crippen LogP contribution in [0.1, 0.15) is 23.9 Å². The van der Waals surface area contributed by atoms with Crippen LogP contribution in [0.2, 0.25) is 0 Å². The van der Waals surface area contributed by atoms with Gasteiger partial charge in [-0.05, 0) is 18.4 Å². The zero-order valence-electron chi connectivity index (χ0n) is 10.2. The number of rotatable bonds is 5. The van der Waals surface area contributed by atoms with E-state index in [0.717, 1.165) is 17.0 Å². The number of aromatic nitrogens is 1. The highest BCUT2D eigenvalue weighted by Crippen LogP contribution is 2.38. The van der Waals surface area contributed by atoms with Crippen molar-refractivity contribution in [2.75, 3.05) is 5.32 Å². The third kappa shape index (κ3) is 2.73. The van der Waals surface area contributed by atoms with Gasteiger partial charge in [-0.2, -0.15) is 0 Å². The van der Waals surface area contributed by atoms with Gasteiger partial charge < -0.3 is 5.32 Å². The number of carbonyl (C=O) groups is 1. The molecule has 2 unspecified atom stereocenters. The molecular formula is C13H15N3OS. The van der Waals surface area contributed by atoms with Crippen LogP contribution in [-0.4, -0.2) is 17.1 Å². The molecule has 1 aliphatic carbocycles. The lowest BCUT2D eigenvalue weighted by Crippen LogP contribution is -2.14. The van der Waals surface area contributed by atoms with Gasteiger partial charge in [0.1, 0.15) is 0 Å². The molecule has 0 radical (unpaired) electrons. The van der Waals surface area contributed by atoms with Gasteiger partial charge in [0, 0.05) is 18.3 Å². The van der Waals surface area contributed by atoms with Crippen molar-refractivity contribution < 1.29 is 4.79 Å². The van der Waals surface area contributed by atoms with E-state index < -0.39 is 0 Å². The molecule has 0 aromatic carbocycles. The lowest BCUT2D eigenvalue weighted by molar-refractivity contribution is -0.117. The molecule has 4 nitrogen and oxygen atoms in total. The van der Waals surface area contributed by atoms with Crippen LogP contribution in [-0.2, 0) is 4.79 Å². The number of hydrogen-bond donors (Lipinski definition) is 1. The fraction of sp³-hybridized carbons (Fsp3) is 0.308. The summed E-state index contributed by atoms with van der Waals surface area (Å²) >= 11 is 1.39. The van der Waals surface area contributed by atoms with E-state index in [1.165, 1.54) is 17.5 Å². The second-order valence-corrected chi connectivity index (χ2v) is 5.27. The van der Waals surface area contributed by atoms with E-state index in [2.05, 4.69) is 35.4 Å². The van der Waals surface area contributed by atoms with E-state index in [1.54, 1.807) is 12.3 Å². The minimum absolute atomic E-state index is 0.0547. The number of thiazole rings is 1. The molecule has 5 heteroatoms. The summed E-state index contributed by atoms with van der Waals surface area (Å²) in [5.74, 6) is 0.691. The molecule has 0 bridgehead atoms. The van der Waals surface area contributed by atoms with E-state index in [4.69, 9.17) is 0 Å². The summed E-state index contributed by atoms with van der Waals surface area (Å²) < 4.78 is 0. The van der Waals surface area contributed by atoms with E-state index in [1.807, 2.05) is 0 Å². The van der Waals surface area contributed by atoms with Crippen LogP contribution in [0.4, 0.5) is 5.13 Å². The van der Waals surface area contributed by atoms with Crippen molar-refractivity contribution in [2.24, 2.45) is 16.8 Å². The van der Waals surface area contributed by atoms with Crippen LogP contribution in [0.3, 0.4) is 0 Å². The van der Waals surface area contributed by atoms with Gasteiger partial charge in [-0.3, -0.25) is 9.79 Å². The Morgan fingerprint density at radius 1 is 1.61 bits per heavy atom. The number of anilines is 1. The first-order valence-corrected chi connectivity index (χ1v) is 6.55. The van der Waals surface area contributed by atoms with Gasteiger partial charge in [0.25, 0.3) is 0 Å². The minimum Gasteiger partial charge on any atom is -0.302 e. The third-order valence-corrected chi connectivity index (χ3v) is 3.77. The van der Waals surface area contributed by atoms with Crippen molar-refractivity contribution in [1.82, 2.24) is 4.98 Å². The van der Waals surface area contributed by atoms with Gasteiger partial charge in [0.05, 0.1) is 10.6 Å². The monoisotopic (exact) mass is 261 g/mol. The molecule has 2 rings (SSSR count). The first-order valence-electron chi connectivity index (χ1n) is 5.74. The number of hydrogen-bond acceptors (Lipinski definition) is 4. The molecule has 18 heavy (non-hydrogen) atoms. The van der Waals surface area contributed by atoms with Crippen molar-refractivity contribution in [3.05, 3.63) is 29.9 Å². The van der Waals surface area contributed by atoms with Crippen molar-refractivity contribution in [3.8, 4) is 0 Å². The number of nitrogens with one attached hydrogen (secondary N) is 1. The molecule has 1 heterocycles. The number of aliphatic imine (C=N–C) groups is 1. The second-order valence-electron chi connectivity index (χ2n) is 4.24. The van der Waals surface area contributed by atoms with Gasteiger partial charge in [-0.25, -0.2) is 4.98 Å². The molecule has 94 valence electrons. The van der Waals surface area contributed by atoms with E-state index >= 15 is 0 Å². The fourth-order valence-corrected chi connectivity index (χ4v) is 2.49. The maximum atomic E-state index is 11.8. The van der Waals surface area contributed by atoms with Crippen LogP contribution in [0.25, 0.3) is 6.08 Å². The summed E-state index contributed by atoms with van der Waals surface area (Å²) in [6.45, 7) is 9.29.